The normalized spacial score (nSPS) is 9.73. The summed E-state index contributed by atoms with van der Waals surface area (Å²) in [6.07, 6.45) is 1.03. The quantitative estimate of drug-likeness (QED) is 0.774. The number of aryl methyl sites for hydroxylation is 1. The Hall–Kier alpha value is -0.830. The van der Waals surface area contributed by atoms with Gasteiger partial charge in [-0.1, -0.05) is 20.8 Å². The van der Waals surface area contributed by atoms with Crippen LogP contribution in [0, 0.1) is 13.8 Å². The predicted octanol–water partition coefficient (Wildman–Crippen LogP) is 2.22. The number of rotatable bonds is 4. The molecule has 0 aromatic carbocycles. The van der Waals surface area contributed by atoms with Crippen molar-refractivity contribution in [3.8, 4) is 0 Å². The van der Waals surface area contributed by atoms with E-state index in [-0.39, 0.29) is 0 Å². The van der Waals surface area contributed by atoms with Gasteiger partial charge in [-0.05, 0) is 20.4 Å². The number of nitrogens with zero attached hydrogens (tertiary/aromatic N) is 2. The van der Waals surface area contributed by atoms with Crippen LogP contribution >= 0.6 is 0 Å². The first-order valence-electron chi connectivity index (χ1n) is 5.86. The monoisotopic (exact) mass is 211 g/mol. The maximum absolute atomic E-state index is 4.50. The molecule has 1 aromatic heterocycles. The summed E-state index contributed by atoms with van der Waals surface area (Å²) in [5.74, 6) is 1.10. The third-order valence-corrected chi connectivity index (χ3v) is 2.49. The Kier molecular flexibility index (Phi) is 7.05. The second kappa shape index (κ2) is 7.46. The molecule has 1 heterocycles. The van der Waals surface area contributed by atoms with Gasteiger partial charge in [0, 0.05) is 25.7 Å². The lowest BCUT2D eigenvalue weighted by atomic mass is 10.2. The van der Waals surface area contributed by atoms with Crippen LogP contribution in [0.1, 0.15) is 38.0 Å². The van der Waals surface area contributed by atoms with Crippen molar-refractivity contribution in [2.45, 2.75) is 41.0 Å². The average Bonchev–Trinajstić information content (AvgIpc) is 2.50. The third-order valence-electron chi connectivity index (χ3n) is 2.49. The molecule has 1 rings (SSSR count). The Morgan fingerprint density at radius 1 is 1.27 bits per heavy atom. The SMILES string of the molecule is CC.CCNCCc1nc(C)n(C)c1C. The molecule has 0 saturated heterocycles. The fourth-order valence-electron chi connectivity index (χ4n) is 1.41. The van der Waals surface area contributed by atoms with Crippen molar-refractivity contribution >= 4 is 0 Å². The van der Waals surface area contributed by atoms with Gasteiger partial charge in [-0.3, -0.25) is 0 Å². The minimum atomic E-state index is 1.02. The van der Waals surface area contributed by atoms with Crippen LogP contribution in [-0.2, 0) is 13.5 Å². The zero-order valence-corrected chi connectivity index (χ0v) is 11.0. The number of hydrogen-bond acceptors (Lipinski definition) is 2. The molecule has 0 aliphatic heterocycles. The molecule has 0 radical (unpaired) electrons. The predicted molar refractivity (Wildman–Crippen MR) is 66.3 cm³/mol. The van der Waals surface area contributed by atoms with Crippen molar-refractivity contribution in [3.63, 3.8) is 0 Å². The molecule has 0 spiro atoms. The highest BCUT2D eigenvalue weighted by Crippen LogP contribution is 2.08. The van der Waals surface area contributed by atoms with E-state index in [1.807, 2.05) is 20.8 Å². The van der Waals surface area contributed by atoms with Crippen LogP contribution in [0.25, 0.3) is 0 Å². The van der Waals surface area contributed by atoms with Gasteiger partial charge in [0.25, 0.3) is 0 Å². The van der Waals surface area contributed by atoms with Crippen molar-refractivity contribution in [1.82, 2.24) is 14.9 Å². The molecule has 0 aliphatic rings. The van der Waals surface area contributed by atoms with Gasteiger partial charge >= 0.3 is 0 Å². The zero-order chi connectivity index (χ0) is 11.8. The van der Waals surface area contributed by atoms with E-state index in [0.29, 0.717) is 0 Å². The van der Waals surface area contributed by atoms with Crippen LogP contribution < -0.4 is 5.32 Å². The molecule has 1 aromatic rings. The van der Waals surface area contributed by atoms with E-state index >= 15 is 0 Å². The molecule has 0 atom stereocenters. The molecule has 3 heteroatoms. The topological polar surface area (TPSA) is 29.9 Å². The molecule has 1 N–H and O–H groups in total. The van der Waals surface area contributed by atoms with Gasteiger partial charge in [-0.2, -0.15) is 0 Å². The molecule has 0 fully saturated rings. The van der Waals surface area contributed by atoms with E-state index < -0.39 is 0 Å². The van der Waals surface area contributed by atoms with Crippen molar-refractivity contribution in [2.75, 3.05) is 13.1 Å². The first-order valence-corrected chi connectivity index (χ1v) is 5.86. The van der Waals surface area contributed by atoms with Gasteiger partial charge in [0.2, 0.25) is 0 Å². The number of likely N-dealkylation sites (N-methyl/N-ethyl adjacent to an activating group) is 1. The first kappa shape index (κ1) is 14.2. The summed E-state index contributed by atoms with van der Waals surface area (Å²) in [5, 5.41) is 3.30. The highest BCUT2D eigenvalue weighted by atomic mass is 15.1. The number of nitrogens with one attached hydrogen (secondary N) is 1. The third kappa shape index (κ3) is 4.04. The minimum absolute atomic E-state index is 1.02. The van der Waals surface area contributed by atoms with Gasteiger partial charge in [0.15, 0.2) is 0 Å². The molecule has 0 bridgehead atoms. The Morgan fingerprint density at radius 3 is 2.27 bits per heavy atom. The van der Waals surface area contributed by atoms with Crippen molar-refractivity contribution in [1.29, 1.82) is 0 Å². The molecule has 88 valence electrons. The molecule has 15 heavy (non-hydrogen) atoms. The van der Waals surface area contributed by atoms with Crippen LogP contribution in [-0.4, -0.2) is 22.6 Å². The molecule has 0 unspecified atom stereocenters. The van der Waals surface area contributed by atoms with E-state index in [0.717, 1.165) is 25.3 Å². The Morgan fingerprint density at radius 2 is 1.87 bits per heavy atom. The second-order valence-corrected chi connectivity index (χ2v) is 3.35. The molecular weight excluding hydrogens is 186 g/mol. The van der Waals surface area contributed by atoms with E-state index in [1.54, 1.807) is 0 Å². The minimum Gasteiger partial charge on any atom is -0.335 e. The van der Waals surface area contributed by atoms with Crippen LogP contribution in [0.2, 0.25) is 0 Å². The highest BCUT2D eigenvalue weighted by molar-refractivity contribution is 5.15. The van der Waals surface area contributed by atoms with E-state index in [1.165, 1.54) is 11.4 Å². The second-order valence-electron chi connectivity index (χ2n) is 3.35. The molecule has 3 nitrogen and oxygen atoms in total. The lowest BCUT2D eigenvalue weighted by Crippen LogP contribution is -2.16. The Balaban J connectivity index is 0.000000921. The molecular formula is C12H25N3. The number of hydrogen-bond donors (Lipinski definition) is 1. The standard InChI is InChI=1S/C10H19N3.C2H6/c1-5-11-7-6-10-8(2)13(4)9(3)12-10;1-2/h11H,5-7H2,1-4H3;1-2H3. The lowest BCUT2D eigenvalue weighted by Gasteiger charge is -2.00. The highest BCUT2D eigenvalue weighted by Gasteiger charge is 2.06. The number of aromatic nitrogens is 2. The summed E-state index contributed by atoms with van der Waals surface area (Å²) < 4.78 is 2.14. The van der Waals surface area contributed by atoms with Gasteiger partial charge in [0.05, 0.1) is 5.69 Å². The average molecular weight is 211 g/mol. The summed E-state index contributed by atoms with van der Waals surface area (Å²) in [6, 6.07) is 0. The van der Waals surface area contributed by atoms with E-state index in [9.17, 15) is 0 Å². The maximum Gasteiger partial charge on any atom is 0.105 e. The smallest absolute Gasteiger partial charge is 0.105 e. The van der Waals surface area contributed by atoms with Crippen molar-refractivity contribution in [2.24, 2.45) is 7.05 Å². The van der Waals surface area contributed by atoms with Gasteiger partial charge < -0.3 is 9.88 Å². The van der Waals surface area contributed by atoms with Gasteiger partial charge in [0.1, 0.15) is 5.82 Å². The zero-order valence-electron chi connectivity index (χ0n) is 11.0. The molecule has 0 amide bonds. The summed E-state index contributed by atoms with van der Waals surface area (Å²) in [6.45, 7) is 12.3. The summed E-state index contributed by atoms with van der Waals surface area (Å²) in [5.41, 5.74) is 2.51. The van der Waals surface area contributed by atoms with Crippen LogP contribution in [0.3, 0.4) is 0 Å². The summed E-state index contributed by atoms with van der Waals surface area (Å²) >= 11 is 0. The van der Waals surface area contributed by atoms with E-state index in [4.69, 9.17) is 0 Å². The Bertz CT molecular complexity index is 277. The fraction of sp³-hybridized carbons (Fsp3) is 0.750. The first-order chi connectivity index (χ1) is 7.16. The molecule has 0 saturated carbocycles. The lowest BCUT2D eigenvalue weighted by molar-refractivity contribution is 0.706. The summed E-state index contributed by atoms with van der Waals surface area (Å²) in [4.78, 5) is 4.50. The largest absolute Gasteiger partial charge is 0.335 e. The van der Waals surface area contributed by atoms with Crippen molar-refractivity contribution < 1.29 is 0 Å². The van der Waals surface area contributed by atoms with Crippen molar-refractivity contribution in [3.05, 3.63) is 17.2 Å². The van der Waals surface area contributed by atoms with Crippen LogP contribution in [0.4, 0.5) is 0 Å². The van der Waals surface area contributed by atoms with Crippen LogP contribution in [0.15, 0.2) is 0 Å². The molecule has 0 aliphatic carbocycles. The van der Waals surface area contributed by atoms with Crippen LogP contribution in [0.5, 0.6) is 0 Å². The fourth-order valence-corrected chi connectivity index (χ4v) is 1.41. The van der Waals surface area contributed by atoms with Gasteiger partial charge in [-0.25, -0.2) is 4.98 Å². The van der Waals surface area contributed by atoms with Gasteiger partial charge in [-0.15, -0.1) is 0 Å². The Labute approximate surface area is 93.9 Å². The number of imidazole rings is 1. The summed E-state index contributed by atoms with van der Waals surface area (Å²) in [7, 11) is 2.06. The van der Waals surface area contributed by atoms with E-state index in [2.05, 4.69) is 35.8 Å². The maximum atomic E-state index is 4.50.